The van der Waals surface area contributed by atoms with E-state index in [1.54, 1.807) is 24.0 Å². The SMILES string of the molecule is CCNC(=O)NS(=O)(=O)c1cnn2c(Nc3cc(Cl)ccc3F)c(C(=O)N3CCC(c4ccc(F)cc4)CC3)cnc12. The number of urea groups is 1. The van der Waals surface area contributed by atoms with Crippen LogP contribution in [0.4, 0.5) is 25.1 Å². The van der Waals surface area contributed by atoms with Crippen LogP contribution in [0.25, 0.3) is 5.65 Å². The monoisotopic (exact) mass is 617 g/mol. The minimum Gasteiger partial charge on any atom is -0.338 e. The lowest BCUT2D eigenvalue weighted by Gasteiger charge is -2.32. The summed E-state index contributed by atoms with van der Waals surface area (Å²) in [6, 6.07) is 9.15. The molecule has 42 heavy (non-hydrogen) atoms. The second-order valence-electron chi connectivity index (χ2n) is 9.60. The average molecular weight is 618 g/mol. The molecule has 1 fully saturated rings. The first kappa shape index (κ1) is 29.2. The van der Waals surface area contributed by atoms with Gasteiger partial charge in [-0.25, -0.2) is 31.7 Å². The van der Waals surface area contributed by atoms with E-state index in [0.29, 0.717) is 25.9 Å². The first-order chi connectivity index (χ1) is 20.1. The molecule has 0 atom stereocenters. The molecule has 2 aromatic heterocycles. The Morgan fingerprint density at radius 3 is 2.48 bits per heavy atom. The molecule has 220 valence electrons. The number of sulfonamides is 1. The van der Waals surface area contributed by atoms with Crippen LogP contribution in [-0.2, 0) is 10.0 Å². The molecule has 4 aromatic rings. The zero-order chi connectivity index (χ0) is 30.0. The third-order valence-electron chi connectivity index (χ3n) is 6.88. The number of rotatable bonds is 7. The normalized spacial score (nSPS) is 14.1. The van der Waals surface area contributed by atoms with Crippen LogP contribution in [0.3, 0.4) is 0 Å². The Balaban J connectivity index is 1.50. The molecule has 0 aliphatic carbocycles. The van der Waals surface area contributed by atoms with E-state index in [9.17, 15) is 26.8 Å². The Kier molecular flexibility index (Phi) is 8.27. The lowest BCUT2D eigenvalue weighted by molar-refractivity contribution is 0.0713. The summed E-state index contributed by atoms with van der Waals surface area (Å²) in [4.78, 5) is 31.1. The number of amides is 3. The molecule has 1 aliphatic rings. The number of aromatic nitrogens is 3. The number of carbonyl (C=O) groups excluding carboxylic acids is 2. The lowest BCUT2D eigenvalue weighted by atomic mass is 9.89. The van der Waals surface area contributed by atoms with E-state index in [-0.39, 0.29) is 46.0 Å². The third kappa shape index (κ3) is 5.99. The molecule has 2 aromatic carbocycles. The number of carbonyl (C=O) groups is 2. The molecule has 0 spiro atoms. The van der Waals surface area contributed by atoms with Gasteiger partial charge in [0.05, 0.1) is 11.9 Å². The summed E-state index contributed by atoms with van der Waals surface area (Å²) in [5.41, 5.74) is 0.699. The summed E-state index contributed by atoms with van der Waals surface area (Å²) in [7, 11) is -4.41. The van der Waals surface area contributed by atoms with Crippen molar-refractivity contribution in [3.05, 3.63) is 82.6 Å². The number of likely N-dealkylation sites (tertiary alicyclic amines) is 1. The molecule has 0 radical (unpaired) electrons. The highest BCUT2D eigenvalue weighted by atomic mass is 35.5. The van der Waals surface area contributed by atoms with Crippen LogP contribution in [0.2, 0.25) is 5.02 Å². The van der Waals surface area contributed by atoms with Crippen LogP contribution in [0, 0.1) is 11.6 Å². The minimum absolute atomic E-state index is 0.00541. The molecular formula is C27H26ClF2N7O4S. The van der Waals surface area contributed by atoms with E-state index in [2.05, 4.69) is 20.7 Å². The number of nitrogens with zero attached hydrogens (tertiary/aromatic N) is 4. The maximum atomic E-state index is 14.7. The number of hydrogen-bond donors (Lipinski definition) is 3. The third-order valence-corrected chi connectivity index (χ3v) is 8.44. The molecule has 1 saturated heterocycles. The summed E-state index contributed by atoms with van der Waals surface area (Å²) in [6.45, 7) is 2.60. The van der Waals surface area contributed by atoms with Gasteiger partial charge in [0.25, 0.3) is 15.9 Å². The van der Waals surface area contributed by atoms with Gasteiger partial charge in [-0.2, -0.15) is 9.61 Å². The number of piperidine rings is 1. The fourth-order valence-electron chi connectivity index (χ4n) is 4.79. The highest BCUT2D eigenvalue weighted by Gasteiger charge is 2.30. The van der Waals surface area contributed by atoms with Gasteiger partial charge in [0.15, 0.2) is 10.5 Å². The molecule has 5 rings (SSSR count). The fraction of sp³-hybridized carbons (Fsp3) is 0.259. The van der Waals surface area contributed by atoms with Gasteiger partial charge in [-0.15, -0.1) is 0 Å². The zero-order valence-corrected chi connectivity index (χ0v) is 23.8. The average Bonchev–Trinajstić information content (AvgIpc) is 3.41. The Morgan fingerprint density at radius 2 is 1.79 bits per heavy atom. The molecule has 15 heteroatoms. The second-order valence-corrected chi connectivity index (χ2v) is 11.7. The van der Waals surface area contributed by atoms with Crippen LogP contribution in [0.1, 0.15) is 41.6 Å². The molecule has 3 heterocycles. The number of anilines is 2. The Bertz CT molecular complexity index is 1760. The van der Waals surface area contributed by atoms with Crippen molar-refractivity contribution in [1.82, 2.24) is 29.5 Å². The Morgan fingerprint density at radius 1 is 1.07 bits per heavy atom. The van der Waals surface area contributed by atoms with Crippen LogP contribution < -0.4 is 15.4 Å². The molecule has 3 N–H and O–H groups in total. The van der Waals surface area contributed by atoms with Crippen molar-refractivity contribution < 1.29 is 26.8 Å². The number of halogens is 3. The predicted molar refractivity (Wildman–Crippen MR) is 151 cm³/mol. The molecule has 1 aliphatic heterocycles. The van der Waals surface area contributed by atoms with Gasteiger partial charge < -0.3 is 15.5 Å². The summed E-state index contributed by atoms with van der Waals surface area (Å²) in [5, 5.41) is 9.50. The van der Waals surface area contributed by atoms with Crippen LogP contribution >= 0.6 is 11.6 Å². The van der Waals surface area contributed by atoms with E-state index < -0.39 is 32.7 Å². The van der Waals surface area contributed by atoms with E-state index in [1.807, 2.05) is 4.72 Å². The lowest BCUT2D eigenvalue weighted by Crippen LogP contribution is -2.39. The standard InChI is InChI=1S/C27H26ClF2N7O4S/c1-2-31-27(39)35-42(40,41)23-15-33-37-24(34-22-13-18(28)5-8-21(22)30)20(14-32-25(23)37)26(38)36-11-9-17(10-12-36)16-3-6-19(29)7-4-16/h3-8,13-15,17,34H,2,9-12H2,1H3,(H2,31,35,39). The van der Waals surface area contributed by atoms with Crippen LogP contribution in [0.5, 0.6) is 0 Å². The molecule has 3 amide bonds. The van der Waals surface area contributed by atoms with Gasteiger partial charge in [0, 0.05) is 30.9 Å². The van der Waals surface area contributed by atoms with Crippen LogP contribution in [0.15, 0.2) is 59.8 Å². The number of fused-ring (bicyclic) bond motifs is 1. The zero-order valence-electron chi connectivity index (χ0n) is 22.3. The van der Waals surface area contributed by atoms with Crippen molar-refractivity contribution >= 4 is 50.7 Å². The first-order valence-corrected chi connectivity index (χ1v) is 14.9. The smallest absolute Gasteiger partial charge is 0.328 e. The Labute approximate surface area is 244 Å². The van der Waals surface area contributed by atoms with Gasteiger partial charge in [-0.05, 0) is 61.6 Å². The van der Waals surface area contributed by atoms with Crippen LogP contribution in [-0.4, -0.2) is 59.5 Å². The largest absolute Gasteiger partial charge is 0.338 e. The van der Waals surface area contributed by atoms with E-state index in [1.165, 1.54) is 30.5 Å². The van der Waals surface area contributed by atoms with Crippen molar-refractivity contribution in [2.45, 2.75) is 30.6 Å². The summed E-state index contributed by atoms with van der Waals surface area (Å²) < 4.78 is 56.9. The van der Waals surface area contributed by atoms with Gasteiger partial charge in [-0.3, -0.25) is 4.79 Å². The second kappa shape index (κ2) is 11.9. The first-order valence-electron chi connectivity index (χ1n) is 13.0. The van der Waals surface area contributed by atoms with E-state index in [4.69, 9.17) is 11.6 Å². The van der Waals surface area contributed by atoms with Crippen molar-refractivity contribution in [1.29, 1.82) is 0 Å². The highest BCUT2D eigenvalue weighted by Crippen LogP contribution is 2.32. The van der Waals surface area contributed by atoms with Gasteiger partial charge >= 0.3 is 6.03 Å². The van der Waals surface area contributed by atoms with Gasteiger partial charge in [0.2, 0.25) is 0 Å². The molecule has 0 saturated carbocycles. The predicted octanol–water partition coefficient (Wildman–Crippen LogP) is 4.43. The van der Waals surface area contributed by atoms with Crippen molar-refractivity contribution in [2.24, 2.45) is 0 Å². The molecule has 0 unspecified atom stereocenters. The molecular weight excluding hydrogens is 592 g/mol. The summed E-state index contributed by atoms with van der Waals surface area (Å²) in [5.74, 6) is -1.34. The number of hydrogen-bond acceptors (Lipinski definition) is 7. The quantitative estimate of drug-likeness (QED) is 0.279. The van der Waals surface area contributed by atoms with E-state index >= 15 is 0 Å². The maximum absolute atomic E-state index is 14.7. The molecule has 0 bridgehead atoms. The summed E-state index contributed by atoms with van der Waals surface area (Å²) >= 11 is 6.07. The van der Waals surface area contributed by atoms with Crippen molar-refractivity contribution in [3.63, 3.8) is 0 Å². The van der Waals surface area contributed by atoms with Gasteiger partial charge in [0.1, 0.15) is 23.0 Å². The fourth-order valence-corrected chi connectivity index (χ4v) is 5.96. The number of nitrogens with one attached hydrogen (secondary N) is 3. The minimum atomic E-state index is -4.41. The maximum Gasteiger partial charge on any atom is 0.328 e. The van der Waals surface area contributed by atoms with Crippen molar-refractivity contribution in [3.8, 4) is 0 Å². The highest BCUT2D eigenvalue weighted by molar-refractivity contribution is 7.90. The van der Waals surface area contributed by atoms with E-state index in [0.717, 1.165) is 22.3 Å². The number of benzene rings is 2. The van der Waals surface area contributed by atoms with Gasteiger partial charge in [-0.1, -0.05) is 23.7 Å². The Hall–Kier alpha value is -4.30. The topological polar surface area (TPSA) is 138 Å². The van der Waals surface area contributed by atoms with Crippen molar-refractivity contribution in [2.75, 3.05) is 25.0 Å². The summed E-state index contributed by atoms with van der Waals surface area (Å²) in [6.07, 6.45) is 3.43. The molecule has 11 nitrogen and oxygen atoms in total.